The molecule has 0 unspecified atom stereocenters. The number of hydrogen-bond donors (Lipinski definition) is 2. The fraction of sp³-hybridized carbons (Fsp3) is 0.211. The summed E-state index contributed by atoms with van der Waals surface area (Å²) < 4.78 is 56.5. The van der Waals surface area contributed by atoms with Crippen molar-refractivity contribution in [3.63, 3.8) is 0 Å². The molecule has 0 saturated heterocycles. The second-order valence-corrected chi connectivity index (χ2v) is 6.50. The van der Waals surface area contributed by atoms with Gasteiger partial charge in [0, 0.05) is 34.2 Å². The number of ether oxygens (including phenoxy) is 1. The van der Waals surface area contributed by atoms with Gasteiger partial charge < -0.3 is 15.0 Å². The van der Waals surface area contributed by atoms with Crippen LogP contribution in [0.25, 0.3) is 10.9 Å². The molecule has 1 aromatic heterocycles. The Morgan fingerprint density at radius 1 is 1.14 bits per heavy atom. The van der Waals surface area contributed by atoms with E-state index in [-0.39, 0.29) is 12.1 Å². The van der Waals surface area contributed by atoms with E-state index in [1.807, 2.05) is 6.07 Å². The number of nitrogens with one attached hydrogen (secondary N) is 2. The molecule has 3 aromatic rings. The van der Waals surface area contributed by atoms with E-state index in [0.717, 1.165) is 16.5 Å². The monoisotopic (exact) mass is 414 g/mol. The van der Waals surface area contributed by atoms with Gasteiger partial charge >= 0.3 is 12.3 Å². The van der Waals surface area contributed by atoms with E-state index >= 15 is 0 Å². The number of halogens is 5. The summed E-state index contributed by atoms with van der Waals surface area (Å²) >= 11 is 5.98. The van der Waals surface area contributed by atoms with Crippen molar-refractivity contribution in [1.82, 2.24) is 10.3 Å². The van der Waals surface area contributed by atoms with Crippen LogP contribution in [0.2, 0.25) is 5.02 Å². The number of carbonyl (C=O) groups is 1. The third kappa shape index (κ3) is 4.75. The molecule has 3 rings (SSSR count). The van der Waals surface area contributed by atoms with Crippen molar-refractivity contribution in [3.05, 3.63) is 70.1 Å². The van der Waals surface area contributed by atoms with E-state index in [1.165, 1.54) is 0 Å². The molecule has 0 aliphatic carbocycles. The third-order valence-electron chi connectivity index (χ3n) is 4.12. The Morgan fingerprint density at radius 2 is 1.93 bits per heavy atom. The predicted octanol–water partition coefficient (Wildman–Crippen LogP) is 5.45. The van der Waals surface area contributed by atoms with Crippen LogP contribution in [-0.4, -0.2) is 17.6 Å². The zero-order chi connectivity index (χ0) is 20.3. The number of fused-ring (bicyclic) bond motifs is 1. The molecule has 0 spiro atoms. The van der Waals surface area contributed by atoms with E-state index in [0.29, 0.717) is 29.6 Å². The molecule has 0 radical (unpaired) electrons. The Hall–Kier alpha value is -2.74. The van der Waals surface area contributed by atoms with Gasteiger partial charge in [0.15, 0.2) is 0 Å². The molecule has 0 saturated carbocycles. The van der Waals surface area contributed by atoms with Crippen LogP contribution in [0, 0.1) is 5.82 Å². The maximum Gasteiger partial charge on any atom is 0.416 e. The fourth-order valence-electron chi connectivity index (χ4n) is 2.71. The number of H-pyrrole nitrogens is 1. The number of benzene rings is 2. The lowest BCUT2D eigenvalue weighted by atomic mass is 10.1. The average molecular weight is 415 g/mol. The first-order chi connectivity index (χ1) is 13.2. The van der Waals surface area contributed by atoms with Gasteiger partial charge in [-0.3, -0.25) is 0 Å². The molecular weight excluding hydrogens is 400 g/mol. The van der Waals surface area contributed by atoms with Crippen molar-refractivity contribution in [2.75, 3.05) is 6.54 Å². The zero-order valence-electron chi connectivity index (χ0n) is 14.4. The SMILES string of the molecule is O=C(NCCc1c[nH]c2ccc(Cl)cc12)OCc1cc(C(F)(F)F)ccc1F. The van der Waals surface area contributed by atoms with E-state index in [1.54, 1.807) is 18.3 Å². The second kappa shape index (κ2) is 8.10. The van der Waals surface area contributed by atoms with Crippen LogP contribution in [0.3, 0.4) is 0 Å². The highest BCUT2D eigenvalue weighted by Crippen LogP contribution is 2.30. The van der Waals surface area contributed by atoms with Crippen molar-refractivity contribution in [2.24, 2.45) is 0 Å². The van der Waals surface area contributed by atoms with E-state index in [2.05, 4.69) is 10.3 Å². The minimum absolute atomic E-state index is 0.226. The summed E-state index contributed by atoms with van der Waals surface area (Å²) in [5.41, 5.74) is 0.478. The molecule has 0 fully saturated rings. The number of aromatic amines is 1. The van der Waals surface area contributed by atoms with Crippen molar-refractivity contribution in [2.45, 2.75) is 19.2 Å². The molecule has 0 bridgehead atoms. The maximum atomic E-state index is 13.6. The van der Waals surface area contributed by atoms with Crippen molar-refractivity contribution in [1.29, 1.82) is 0 Å². The standard InChI is InChI=1S/C19H15ClF4N2O2/c20-14-2-4-17-15(8-14)11(9-26-17)5-6-25-18(27)28-10-12-7-13(19(22,23)24)1-3-16(12)21/h1-4,7-9,26H,5-6,10H2,(H,25,27). The Kier molecular flexibility index (Phi) is 5.79. The summed E-state index contributed by atoms with van der Waals surface area (Å²) in [6, 6.07) is 7.35. The Balaban J connectivity index is 1.53. The topological polar surface area (TPSA) is 54.1 Å². The first kappa shape index (κ1) is 20.0. The largest absolute Gasteiger partial charge is 0.445 e. The molecule has 2 aromatic carbocycles. The van der Waals surface area contributed by atoms with Crippen molar-refractivity contribution in [3.8, 4) is 0 Å². The van der Waals surface area contributed by atoms with Crippen LogP contribution in [-0.2, 0) is 23.9 Å². The summed E-state index contributed by atoms with van der Waals surface area (Å²) in [5.74, 6) is -0.878. The minimum Gasteiger partial charge on any atom is -0.445 e. The zero-order valence-corrected chi connectivity index (χ0v) is 15.1. The third-order valence-corrected chi connectivity index (χ3v) is 4.36. The molecule has 28 heavy (non-hydrogen) atoms. The molecule has 2 N–H and O–H groups in total. The number of carbonyl (C=O) groups excluding carboxylic acids is 1. The van der Waals surface area contributed by atoms with Gasteiger partial charge in [-0.05, 0) is 48.4 Å². The number of amides is 1. The van der Waals surface area contributed by atoms with Gasteiger partial charge in [-0.1, -0.05) is 11.6 Å². The number of alkyl halides is 3. The average Bonchev–Trinajstić information content (AvgIpc) is 3.02. The van der Waals surface area contributed by atoms with Crippen LogP contribution in [0.1, 0.15) is 16.7 Å². The van der Waals surface area contributed by atoms with Gasteiger partial charge in [-0.15, -0.1) is 0 Å². The highest BCUT2D eigenvalue weighted by molar-refractivity contribution is 6.31. The van der Waals surface area contributed by atoms with Crippen LogP contribution in [0.15, 0.2) is 42.6 Å². The lowest BCUT2D eigenvalue weighted by Gasteiger charge is -2.11. The van der Waals surface area contributed by atoms with Crippen LogP contribution < -0.4 is 5.32 Å². The summed E-state index contributed by atoms with van der Waals surface area (Å²) in [4.78, 5) is 14.8. The van der Waals surface area contributed by atoms with Crippen LogP contribution in [0.4, 0.5) is 22.4 Å². The normalized spacial score (nSPS) is 11.6. The first-order valence-corrected chi connectivity index (χ1v) is 8.63. The van der Waals surface area contributed by atoms with Gasteiger partial charge in [-0.25, -0.2) is 9.18 Å². The van der Waals surface area contributed by atoms with Crippen molar-refractivity contribution < 1.29 is 27.1 Å². The summed E-state index contributed by atoms with van der Waals surface area (Å²) in [5, 5.41) is 3.99. The van der Waals surface area contributed by atoms with E-state index < -0.39 is 30.3 Å². The maximum absolute atomic E-state index is 13.6. The minimum atomic E-state index is -4.60. The Bertz CT molecular complexity index is 1000. The van der Waals surface area contributed by atoms with E-state index in [4.69, 9.17) is 16.3 Å². The molecule has 1 amide bonds. The number of alkyl carbamates (subject to hydrolysis) is 1. The molecular formula is C19H15ClF4N2O2. The highest BCUT2D eigenvalue weighted by atomic mass is 35.5. The Morgan fingerprint density at radius 3 is 2.68 bits per heavy atom. The van der Waals surface area contributed by atoms with Gasteiger partial charge in [-0.2, -0.15) is 13.2 Å². The molecule has 1 heterocycles. The lowest BCUT2D eigenvalue weighted by molar-refractivity contribution is -0.137. The molecule has 0 aliphatic heterocycles. The predicted molar refractivity (Wildman–Crippen MR) is 96.6 cm³/mol. The first-order valence-electron chi connectivity index (χ1n) is 8.26. The molecule has 0 aliphatic rings. The van der Waals surface area contributed by atoms with E-state index in [9.17, 15) is 22.4 Å². The van der Waals surface area contributed by atoms with Crippen LogP contribution in [0.5, 0.6) is 0 Å². The lowest BCUT2D eigenvalue weighted by Crippen LogP contribution is -2.26. The quantitative estimate of drug-likeness (QED) is 0.545. The second-order valence-electron chi connectivity index (χ2n) is 6.06. The van der Waals surface area contributed by atoms with Crippen molar-refractivity contribution >= 4 is 28.6 Å². The summed E-state index contributed by atoms with van der Waals surface area (Å²) in [6.45, 7) is -0.381. The van der Waals surface area contributed by atoms with Gasteiger partial charge in [0.05, 0.1) is 5.56 Å². The number of hydrogen-bond acceptors (Lipinski definition) is 2. The molecule has 148 valence electrons. The molecule has 0 atom stereocenters. The highest BCUT2D eigenvalue weighted by Gasteiger charge is 2.31. The van der Waals surface area contributed by atoms with Gasteiger partial charge in [0.2, 0.25) is 0 Å². The Labute approximate surface area is 162 Å². The molecule has 9 heteroatoms. The fourth-order valence-corrected chi connectivity index (χ4v) is 2.88. The smallest absolute Gasteiger partial charge is 0.416 e. The summed E-state index contributed by atoms with van der Waals surface area (Å²) in [6.07, 6.45) is -3.18. The van der Waals surface area contributed by atoms with Gasteiger partial charge in [0.1, 0.15) is 12.4 Å². The summed E-state index contributed by atoms with van der Waals surface area (Å²) in [7, 11) is 0. The molecule has 4 nitrogen and oxygen atoms in total. The van der Waals surface area contributed by atoms with Gasteiger partial charge in [0.25, 0.3) is 0 Å². The number of aromatic nitrogens is 1. The number of rotatable bonds is 5. The van der Waals surface area contributed by atoms with Crippen LogP contribution >= 0.6 is 11.6 Å².